The topological polar surface area (TPSA) is 63.5 Å². The van der Waals surface area contributed by atoms with Crippen LogP contribution in [0.15, 0.2) is 18.2 Å². The molecule has 0 atom stereocenters. The van der Waals surface area contributed by atoms with E-state index in [0.717, 1.165) is 48.7 Å². The van der Waals surface area contributed by atoms with Crippen LogP contribution in [-0.2, 0) is 31.3 Å². The van der Waals surface area contributed by atoms with Gasteiger partial charge < -0.3 is 9.64 Å². The first kappa shape index (κ1) is 17.2. The molecule has 2 aliphatic heterocycles. The number of nitrogens with zero attached hydrogens (tertiary/aromatic N) is 5. The third-order valence-electron chi connectivity index (χ3n) is 5.16. The molecule has 0 N–H and O–H groups in total. The third-order valence-corrected chi connectivity index (χ3v) is 5.16. The number of pyridine rings is 1. The minimum atomic E-state index is 0.0407. The van der Waals surface area contributed by atoms with Gasteiger partial charge in [-0.25, -0.2) is 0 Å². The van der Waals surface area contributed by atoms with Crippen LogP contribution in [0.2, 0.25) is 0 Å². The highest BCUT2D eigenvalue weighted by Gasteiger charge is 2.30. The fourth-order valence-corrected chi connectivity index (χ4v) is 3.76. The lowest BCUT2D eigenvalue weighted by Gasteiger charge is -2.28. The molecule has 0 saturated carbocycles. The lowest BCUT2D eigenvalue weighted by atomic mass is 10.0. The molecule has 0 unspecified atom stereocenters. The third kappa shape index (κ3) is 3.37. The summed E-state index contributed by atoms with van der Waals surface area (Å²) in [7, 11) is 1.93. The number of hydrogen-bond donors (Lipinski definition) is 0. The fraction of sp³-hybridized carbons (Fsp3) is 0.526. The first-order valence-corrected chi connectivity index (χ1v) is 9.18. The fourth-order valence-electron chi connectivity index (χ4n) is 3.76. The van der Waals surface area contributed by atoms with Crippen LogP contribution in [0.5, 0.6) is 0 Å². The van der Waals surface area contributed by atoms with Crippen molar-refractivity contribution in [3.63, 3.8) is 0 Å². The summed E-state index contributed by atoms with van der Waals surface area (Å²) in [5.74, 6) is 0.0407. The van der Waals surface area contributed by atoms with Gasteiger partial charge in [0.15, 0.2) is 5.69 Å². The predicted molar refractivity (Wildman–Crippen MR) is 96.7 cm³/mol. The molecule has 7 nitrogen and oxygen atoms in total. The van der Waals surface area contributed by atoms with E-state index < -0.39 is 0 Å². The molecular formula is C19H25N5O2. The average molecular weight is 355 g/mol. The second-order valence-electron chi connectivity index (χ2n) is 7.03. The molecule has 0 spiro atoms. The molecule has 0 radical (unpaired) electrons. The first-order valence-electron chi connectivity index (χ1n) is 9.18. The Morgan fingerprint density at radius 1 is 1.23 bits per heavy atom. The summed E-state index contributed by atoms with van der Waals surface area (Å²) in [5, 5.41) is 4.57. The molecule has 0 aliphatic carbocycles. The number of aryl methyl sites for hydroxylation is 2. The van der Waals surface area contributed by atoms with E-state index in [0.29, 0.717) is 32.0 Å². The SMILES string of the molecule is Cc1cccc(CN2CCc3c(C(=O)N4CCOCC4)nn(C)c3C2)n1. The van der Waals surface area contributed by atoms with E-state index in [1.807, 2.05) is 29.6 Å². The second kappa shape index (κ2) is 7.17. The van der Waals surface area contributed by atoms with Gasteiger partial charge in [0.05, 0.1) is 24.6 Å². The van der Waals surface area contributed by atoms with E-state index in [1.165, 1.54) is 0 Å². The summed E-state index contributed by atoms with van der Waals surface area (Å²) >= 11 is 0. The molecule has 4 heterocycles. The molecule has 26 heavy (non-hydrogen) atoms. The lowest BCUT2D eigenvalue weighted by molar-refractivity contribution is 0.0297. The zero-order valence-electron chi connectivity index (χ0n) is 15.4. The molecular weight excluding hydrogens is 330 g/mol. The van der Waals surface area contributed by atoms with Crippen LogP contribution in [0.25, 0.3) is 0 Å². The van der Waals surface area contributed by atoms with Crippen molar-refractivity contribution in [1.82, 2.24) is 24.6 Å². The van der Waals surface area contributed by atoms with E-state index >= 15 is 0 Å². The van der Waals surface area contributed by atoms with E-state index in [-0.39, 0.29) is 5.91 Å². The van der Waals surface area contributed by atoms with Crippen molar-refractivity contribution in [1.29, 1.82) is 0 Å². The molecule has 0 aromatic carbocycles. The molecule has 2 aliphatic rings. The summed E-state index contributed by atoms with van der Waals surface area (Å²) in [6.07, 6.45) is 0.848. The zero-order chi connectivity index (χ0) is 18.1. The van der Waals surface area contributed by atoms with Crippen LogP contribution in [0, 0.1) is 6.92 Å². The van der Waals surface area contributed by atoms with Crippen molar-refractivity contribution in [3.8, 4) is 0 Å². The Balaban J connectivity index is 1.51. The average Bonchev–Trinajstić information content (AvgIpc) is 2.98. The maximum Gasteiger partial charge on any atom is 0.274 e. The summed E-state index contributed by atoms with van der Waals surface area (Å²) in [4.78, 5) is 21.7. The van der Waals surface area contributed by atoms with Crippen molar-refractivity contribution in [3.05, 3.63) is 46.5 Å². The molecule has 1 fully saturated rings. The van der Waals surface area contributed by atoms with Crippen LogP contribution in [0.4, 0.5) is 0 Å². The predicted octanol–water partition coefficient (Wildman–Crippen LogP) is 1.15. The summed E-state index contributed by atoms with van der Waals surface area (Å²) < 4.78 is 7.22. The van der Waals surface area contributed by atoms with Gasteiger partial charge in [0.1, 0.15) is 0 Å². The highest BCUT2D eigenvalue weighted by atomic mass is 16.5. The molecule has 7 heteroatoms. The number of carbonyl (C=O) groups is 1. The maximum absolute atomic E-state index is 12.9. The Labute approximate surface area is 153 Å². The Morgan fingerprint density at radius 2 is 2.04 bits per heavy atom. The van der Waals surface area contributed by atoms with Crippen LogP contribution in [-0.4, -0.2) is 63.3 Å². The van der Waals surface area contributed by atoms with Crippen molar-refractivity contribution >= 4 is 5.91 Å². The van der Waals surface area contributed by atoms with Gasteiger partial charge in [-0.15, -0.1) is 0 Å². The molecule has 0 bridgehead atoms. The van der Waals surface area contributed by atoms with Gasteiger partial charge in [-0.2, -0.15) is 5.10 Å². The van der Waals surface area contributed by atoms with Gasteiger partial charge >= 0.3 is 0 Å². The van der Waals surface area contributed by atoms with Gasteiger partial charge in [0, 0.05) is 51.0 Å². The largest absolute Gasteiger partial charge is 0.378 e. The molecule has 138 valence electrons. The summed E-state index contributed by atoms with van der Waals surface area (Å²) in [6.45, 7) is 7.06. The molecule has 1 saturated heterocycles. The first-order chi connectivity index (χ1) is 12.6. The van der Waals surface area contributed by atoms with Crippen molar-refractivity contribution in [2.75, 3.05) is 32.8 Å². The monoisotopic (exact) mass is 355 g/mol. The van der Waals surface area contributed by atoms with Crippen LogP contribution >= 0.6 is 0 Å². The number of rotatable bonds is 3. The number of hydrogen-bond acceptors (Lipinski definition) is 5. The number of ether oxygens (including phenoxy) is 1. The van der Waals surface area contributed by atoms with Gasteiger partial charge in [-0.3, -0.25) is 19.4 Å². The Morgan fingerprint density at radius 3 is 2.81 bits per heavy atom. The molecule has 4 rings (SSSR count). The molecule has 2 aromatic heterocycles. The van der Waals surface area contributed by atoms with Crippen molar-refractivity contribution < 1.29 is 9.53 Å². The zero-order valence-corrected chi connectivity index (χ0v) is 15.4. The Bertz CT molecular complexity index is 810. The van der Waals surface area contributed by atoms with Gasteiger partial charge in [-0.1, -0.05) is 6.07 Å². The standard InChI is InChI=1S/C19H25N5O2/c1-14-4-3-5-15(20-14)12-23-7-6-16-17(13-23)22(2)21-18(16)19(25)24-8-10-26-11-9-24/h3-5H,6-13H2,1-2H3. The molecule has 1 amide bonds. The smallest absolute Gasteiger partial charge is 0.274 e. The Hall–Kier alpha value is -2.25. The van der Waals surface area contributed by atoms with E-state index in [4.69, 9.17) is 4.74 Å². The van der Waals surface area contributed by atoms with E-state index in [9.17, 15) is 4.79 Å². The van der Waals surface area contributed by atoms with Gasteiger partial charge in [-0.05, 0) is 25.5 Å². The number of morpholine rings is 1. The maximum atomic E-state index is 12.9. The minimum absolute atomic E-state index is 0.0407. The highest BCUT2D eigenvalue weighted by Crippen LogP contribution is 2.24. The summed E-state index contributed by atoms with van der Waals surface area (Å²) in [5.41, 5.74) is 5.00. The Kier molecular flexibility index (Phi) is 4.74. The number of aromatic nitrogens is 3. The van der Waals surface area contributed by atoms with Crippen molar-refractivity contribution in [2.24, 2.45) is 7.05 Å². The van der Waals surface area contributed by atoms with Gasteiger partial charge in [0.25, 0.3) is 5.91 Å². The number of fused-ring (bicyclic) bond motifs is 1. The summed E-state index contributed by atoms with van der Waals surface area (Å²) in [6, 6.07) is 6.14. The number of carbonyl (C=O) groups excluding carboxylic acids is 1. The van der Waals surface area contributed by atoms with Crippen LogP contribution in [0.3, 0.4) is 0 Å². The lowest BCUT2D eigenvalue weighted by Crippen LogP contribution is -2.41. The van der Waals surface area contributed by atoms with Crippen LogP contribution < -0.4 is 0 Å². The normalized spacial score (nSPS) is 18.0. The van der Waals surface area contributed by atoms with E-state index in [1.54, 1.807) is 0 Å². The second-order valence-corrected chi connectivity index (χ2v) is 7.03. The number of amides is 1. The van der Waals surface area contributed by atoms with Crippen LogP contribution in [0.1, 0.15) is 33.1 Å². The highest BCUT2D eigenvalue weighted by molar-refractivity contribution is 5.94. The van der Waals surface area contributed by atoms with E-state index in [2.05, 4.69) is 27.1 Å². The van der Waals surface area contributed by atoms with Crippen molar-refractivity contribution in [2.45, 2.75) is 26.4 Å². The minimum Gasteiger partial charge on any atom is -0.378 e. The van der Waals surface area contributed by atoms with Gasteiger partial charge in [0.2, 0.25) is 0 Å². The quantitative estimate of drug-likeness (QED) is 0.827. The molecule has 2 aromatic rings.